The number of nitrogens with zero attached hydrogens (tertiary/aromatic N) is 1. The molecule has 0 spiro atoms. The summed E-state index contributed by atoms with van der Waals surface area (Å²) >= 11 is 1.59. The second-order valence-corrected chi connectivity index (χ2v) is 7.77. The molecular formula is C15H27NO3S. The highest BCUT2D eigenvalue weighted by molar-refractivity contribution is 8.00. The predicted octanol–water partition coefficient (Wildman–Crippen LogP) is 2.85. The molecule has 0 radical (unpaired) electrons. The standard InChI is InChI=1S/C15H27NO3S/c1-11(2)16-9-6-7-12(14(16)18)20-10-8-13(17)19-15(3,4)5/h11-12H,6-10H2,1-5H3/t12-/m0/s1. The van der Waals surface area contributed by atoms with E-state index in [1.165, 1.54) is 0 Å². The topological polar surface area (TPSA) is 46.6 Å². The lowest BCUT2D eigenvalue weighted by molar-refractivity contribution is -0.154. The van der Waals surface area contributed by atoms with Crippen LogP contribution in [0.5, 0.6) is 0 Å². The number of piperidine rings is 1. The Bertz CT molecular complexity index is 350. The van der Waals surface area contributed by atoms with E-state index in [9.17, 15) is 9.59 Å². The molecule has 0 unspecified atom stereocenters. The molecule has 116 valence electrons. The third-order valence-corrected chi connectivity index (χ3v) is 4.37. The number of carbonyl (C=O) groups excluding carboxylic acids is 2. The number of amides is 1. The van der Waals surface area contributed by atoms with Gasteiger partial charge in [-0.15, -0.1) is 11.8 Å². The van der Waals surface area contributed by atoms with E-state index in [-0.39, 0.29) is 23.2 Å². The lowest BCUT2D eigenvalue weighted by Gasteiger charge is -2.34. The molecule has 5 heteroatoms. The maximum absolute atomic E-state index is 12.3. The number of carbonyl (C=O) groups is 2. The van der Waals surface area contributed by atoms with Gasteiger partial charge in [-0.2, -0.15) is 0 Å². The first-order chi connectivity index (χ1) is 9.20. The van der Waals surface area contributed by atoms with Crippen LogP contribution in [-0.2, 0) is 14.3 Å². The molecule has 4 nitrogen and oxygen atoms in total. The van der Waals surface area contributed by atoms with Crippen molar-refractivity contribution in [2.45, 2.75) is 70.8 Å². The molecule has 1 atom stereocenters. The maximum Gasteiger partial charge on any atom is 0.307 e. The van der Waals surface area contributed by atoms with Crippen LogP contribution in [0.3, 0.4) is 0 Å². The summed E-state index contributed by atoms with van der Waals surface area (Å²) in [5.41, 5.74) is -0.434. The number of rotatable bonds is 5. The van der Waals surface area contributed by atoms with Crippen LogP contribution in [0.1, 0.15) is 53.9 Å². The van der Waals surface area contributed by atoms with Gasteiger partial charge in [0.15, 0.2) is 0 Å². The average Bonchev–Trinajstić information content (AvgIpc) is 2.28. The van der Waals surface area contributed by atoms with E-state index in [2.05, 4.69) is 0 Å². The minimum atomic E-state index is -0.434. The molecule has 20 heavy (non-hydrogen) atoms. The van der Waals surface area contributed by atoms with Gasteiger partial charge in [-0.1, -0.05) is 0 Å². The van der Waals surface area contributed by atoms with Gasteiger partial charge in [0.05, 0.1) is 11.7 Å². The molecule has 0 aromatic rings. The van der Waals surface area contributed by atoms with Crippen molar-refractivity contribution in [3.8, 4) is 0 Å². The van der Waals surface area contributed by atoms with E-state index in [1.54, 1.807) is 11.8 Å². The molecule has 0 bridgehead atoms. The second kappa shape index (κ2) is 7.34. The zero-order chi connectivity index (χ0) is 15.3. The van der Waals surface area contributed by atoms with E-state index in [0.29, 0.717) is 12.2 Å². The highest BCUT2D eigenvalue weighted by Crippen LogP contribution is 2.25. The molecule has 0 N–H and O–H groups in total. The quantitative estimate of drug-likeness (QED) is 0.733. The van der Waals surface area contributed by atoms with Gasteiger partial charge in [0.2, 0.25) is 5.91 Å². The van der Waals surface area contributed by atoms with E-state index in [1.807, 2.05) is 39.5 Å². The normalized spacial score (nSPS) is 20.4. The number of ether oxygens (including phenoxy) is 1. The molecule has 1 heterocycles. The molecule has 0 saturated carbocycles. The summed E-state index contributed by atoms with van der Waals surface area (Å²) in [6, 6.07) is 0.261. The highest BCUT2D eigenvalue weighted by atomic mass is 32.2. The third-order valence-electron chi connectivity index (χ3n) is 3.09. The molecule has 1 rings (SSSR count). The van der Waals surface area contributed by atoms with Crippen LogP contribution in [-0.4, -0.2) is 46.0 Å². The fourth-order valence-electron chi connectivity index (χ4n) is 2.21. The molecule has 1 amide bonds. The number of thioether (sulfide) groups is 1. The van der Waals surface area contributed by atoms with E-state index in [0.717, 1.165) is 19.4 Å². The van der Waals surface area contributed by atoms with Crippen molar-refractivity contribution >= 4 is 23.6 Å². The van der Waals surface area contributed by atoms with Crippen LogP contribution in [0.4, 0.5) is 0 Å². The van der Waals surface area contributed by atoms with Gasteiger partial charge in [-0.3, -0.25) is 9.59 Å². The van der Waals surface area contributed by atoms with Crippen LogP contribution in [0, 0.1) is 0 Å². The largest absolute Gasteiger partial charge is 0.460 e. The molecule has 1 aliphatic heterocycles. The average molecular weight is 301 g/mol. The zero-order valence-corrected chi connectivity index (χ0v) is 14.1. The monoisotopic (exact) mass is 301 g/mol. The molecular weight excluding hydrogens is 274 g/mol. The summed E-state index contributed by atoms with van der Waals surface area (Å²) in [5.74, 6) is 0.687. The second-order valence-electron chi connectivity index (χ2n) is 6.46. The Kier molecular flexibility index (Phi) is 6.37. The molecule has 1 fully saturated rings. The Morgan fingerprint density at radius 2 is 2.10 bits per heavy atom. The van der Waals surface area contributed by atoms with Gasteiger partial charge >= 0.3 is 5.97 Å². The smallest absolute Gasteiger partial charge is 0.307 e. The number of hydrogen-bond donors (Lipinski definition) is 0. The van der Waals surface area contributed by atoms with Gasteiger partial charge in [0, 0.05) is 18.3 Å². The first-order valence-electron chi connectivity index (χ1n) is 7.34. The summed E-state index contributed by atoms with van der Waals surface area (Å²) in [4.78, 5) is 25.8. The van der Waals surface area contributed by atoms with Gasteiger partial charge in [0.25, 0.3) is 0 Å². The summed E-state index contributed by atoms with van der Waals surface area (Å²) < 4.78 is 5.27. The number of hydrogen-bond acceptors (Lipinski definition) is 4. The van der Waals surface area contributed by atoms with E-state index >= 15 is 0 Å². The SMILES string of the molecule is CC(C)N1CCC[C@H](SCCC(=O)OC(C)(C)C)C1=O. The molecule has 0 aliphatic carbocycles. The van der Waals surface area contributed by atoms with Crippen molar-refractivity contribution in [1.29, 1.82) is 0 Å². The molecule has 0 aromatic heterocycles. The predicted molar refractivity (Wildman–Crippen MR) is 82.8 cm³/mol. The Morgan fingerprint density at radius 1 is 1.45 bits per heavy atom. The Morgan fingerprint density at radius 3 is 2.65 bits per heavy atom. The Hall–Kier alpha value is -0.710. The summed E-state index contributed by atoms with van der Waals surface area (Å²) in [6.07, 6.45) is 2.34. The van der Waals surface area contributed by atoms with Crippen molar-refractivity contribution in [2.24, 2.45) is 0 Å². The first-order valence-corrected chi connectivity index (χ1v) is 8.39. The fourth-order valence-corrected chi connectivity index (χ4v) is 3.39. The van der Waals surface area contributed by atoms with Crippen molar-refractivity contribution in [2.75, 3.05) is 12.3 Å². The van der Waals surface area contributed by atoms with Crippen molar-refractivity contribution in [3.63, 3.8) is 0 Å². The fraction of sp³-hybridized carbons (Fsp3) is 0.867. The number of esters is 1. The van der Waals surface area contributed by atoms with E-state index < -0.39 is 5.60 Å². The van der Waals surface area contributed by atoms with Gasteiger partial charge in [-0.25, -0.2) is 0 Å². The summed E-state index contributed by atoms with van der Waals surface area (Å²) in [7, 11) is 0. The molecule has 1 aliphatic rings. The van der Waals surface area contributed by atoms with E-state index in [4.69, 9.17) is 4.74 Å². The van der Waals surface area contributed by atoms with Crippen LogP contribution in [0.25, 0.3) is 0 Å². The Balaban J connectivity index is 2.34. The van der Waals surface area contributed by atoms with Gasteiger partial charge in [0.1, 0.15) is 5.60 Å². The van der Waals surface area contributed by atoms with Crippen LogP contribution in [0.15, 0.2) is 0 Å². The maximum atomic E-state index is 12.3. The van der Waals surface area contributed by atoms with Crippen LogP contribution >= 0.6 is 11.8 Å². The van der Waals surface area contributed by atoms with Gasteiger partial charge in [-0.05, 0) is 47.5 Å². The van der Waals surface area contributed by atoms with Crippen LogP contribution in [0.2, 0.25) is 0 Å². The van der Waals surface area contributed by atoms with Crippen LogP contribution < -0.4 is 0 Å². The molecule has 0 aromatic carbocycles. The first kappa shape index (κ1) is 17.3. The Labute approximate surface area is 126 Å². The summed E-state index contributed by atoms with van der Waals surface area (Å²) in [6.45, 7) is 10.5. The highest BCUT2D eigenvalue weighted by Gasteiger charge is 2.30. The van der Waals surface area contributed by atoms with Crippen molar-refractivity contribution in [1.82, 2.24) is 4.90 Å². The lowest BCUT2D eigenvalue weighted by Crippen LogP contribution is -2.46. The summed E-state index contributed by atoms with van der Waals surface area (Å²) in [5, 5.41) is 0.00795. The van der Waals surface area contributed by atoms with Crippen molar-refractivity contribution < 1.29 is 14.3 Å². The van der Waals surface area contributed by atoms with Gasteiger partial charge < -0.3 is 9.64 Å². The molecule has 1 saturated heterocycles. The minimum Gasteiger partial charge on any atom is -0.460 e. The lowest BCUT2D eigenvalue weighted by atomic mass is 10.1. The zero-order valence-electron chi connectivity index (χ0n) is 13.3. The van der Waals surface area contributed by atoms with Crippen molar-refractivity contribution in [3.05, 3.63) is 0 Å². The minimum absolute atomic E-state index is 0.00795. The third kappa shape index (κ3) is 5.73. The number of likely N-dealkylation sites (tertiary alicyclic amines) is 1.